The maximum absolute atomic E-state index is 12.8. The molecule has 1 aliphatic rings. The van der Waals surface area contributed by atoms with Crippen molar-refractivity contribution in [1.29, 1.82) is 0 Å². The number of carbonyl (C=O) groups is 1. The van der Waals surface area contributed by atoms with Gasteiger partial charge in [-0.15, -0.1) is 0 Å². The Morgan fingerprint density at radius 1 is 1.46 bits per heavy atom. The molecule has 1 amide bonds. The predicted octanol–water partition coefficient (Wildman–Crippen LogP) is 1.13. The van der Waals surface area contributed by atoms with Crippen molar-refractivity contribution in [3.63, 3.8) is 0 Å². The fourth-order valence-corrected chi connectivity index (χ4v) is 4.09. The predicted molar refractivity (Wildman–Crippen MR) is 87.6 cm³/mol. The summed E-state index contributed by atoms with van der Waals surface area (Å²) in [6, 6.07) is 5.22. The van der Waals surface area contributed by atoms with Gasteiger partial charge < -0.3 is 10.2 Å². The zero-order valence-corrected chi connectivity index (χ0v) is 13.6. The molecule has 3 N–H and O–H groups in total. The number of rotatable bonds is 3. The molecule has 126 valence electrons. The lowest BCUT2D eigenvalue weighted by Gasteiger charge is -2.28. The Morgan fingerprint density at radius 2 is 2.21 bits per heavy atom. The number of carbonyl (C=O) groups excluding carboxylic acids is 1. The van der Waals surface area contributed by atoms with Crippen LogP contribution >= 0.6 is 11.3 Å². The molecule has 2 heterocycles. The third kappa shape index (κ3) is 2.54. The zero-order chi connectivity index (χ0) is 20.0. The minimum absolute atomic E-state index is 0.00565. The van der Waals surface area contributed by atoms with Gasteiger partial charge in [-0.1, -0.05) is 23.5 Å². The van der Waals surface area contributed by atoms with E-state index in [1.165, 1.54) is 24.4 Å². The smallest absolute Gasteiger partial charge is 0.278 e. The molecule has 0 fully saturated rings. The standard InChI is InChI=1S/C14H13N3O5S2/c1-17-11(13(20)16-14-15-6-8(7-18)23-14)12(19)9-4-2-3-5-10(9)24(17,21)22/h2-6,18-19H,7H2,1H3,(H,15,16,20)/i1D3. The summed E-state index contributed by atoms with van der Waals surface area (Å²) < 4.78 is 48.2. The lowest BCUT2D eigenvalue weighted by molar-refractivity contribution is -0.113. The number of anilines is 1. The lowest BCUT2D eigenvalue weighted by atomic mass is 10.1. The van der Waals surface area contributed by atoms with E-state index >= 15 is 0 Å². The quantitative estimate of drug-likeness (QED) is 0.745. The van der Waals surface area contributed by atoms with E-state index < -0.39 is 39.3 Å². The Balaban J connectivity index is 2.16. The molecule has 1 aromatic heterocycles. The maximum atomic E-state index is 12.8. The van der Waals surface area contributed by atoms with Gasteiger partial charge in [-0.3, -0.25) is 14.4 Å². The summed E-state index contributed by atoms with van der Waals surface area (Å²) in [5.41, 5.74) is -1.12. The molecule has 2 aromatic rings. The number of aliphatic hydroxyl groups is 2. The third-order valence-corrected chi connectivity index (χ3v) is 5.71. The monoisotopic (exact) mass is 370 g/mol. The highest BCUT2D eigenvalue weighted by atomic mass is 32.2. The van der Waals surface area contributed by atoms with Crippen molar-refractivity contribution in [2.45, 2.75) is 11.5 Å². The van der Waals surface area contributed by atoms with Crippen molar-refractivity contribution < 1.29 is 27.5 Å². The highest BCUT2D eigenvalue weighted by molar-refractivity contribution is 7.89. The Labute approximate surface area is 146 Å². The van der Waals surface area contributed by atoms with Crippen LogP contribution in [0.4, 0.5) is 5.13 Å². The van der Waals surface area contributed by atoms with Crippen LogP contribution in [0.25, 0.3) is 5.76 Å². The van der Waals surface area contributed by atoms with Gasteiger partial charge in [0.15, 0.2) is 16.6 Å². The van der Waals surface area contributed by atoms with E-state index in [4.69, 9.17) is 9.22 Å². The van der Waals surface area contributed by atoms with E-state index in [0.717, 1.165) is 17.4 Å². The van der Waals surface area contributed by atoms with Gasteiger partial charge in [0.25, 0.3) is 15.9 Å². The number of likely N-dealkylation sites (N-methyl/N-ethyl adjacent to an activating group) is 1. The first-order valence-electron chi connectivity index (χ1n) is 8.02. The molecule has 0 saturated carbocycles. The number of thiazole rings is 1. The van der Waals surface area contributed by atoms with Crippen LogP contribution in [0.1, 0.15) is 14.6 Å². The van der Waals surface area contributed by atoms with Gasteiger partial charge in [0.05, 0.1) is 16.4 Å². The molecular formula is C14H13N3O5S2. The largest absolute Gasteiger partial charge is 0.505 e. The summed E-state index contributed by atoms with van der Waals surface area (Å²) in [7, 11) is -4.62. The summed E-state index contributed by atoms with van der Waals surface area (Å²) in [5.74, 6) is -1.95. The van der Waals surface area contributed by atoms with Crippen LogP contribution in [-0.4, -0.2) is 40.8 Å². The van der Waals surface area contributed by atoms with Gasteiger partial charge in [0.1, 0.15) is 0 Å². The number of hydrogen-bond donors (Lipinski definition) is 3. The molecule has 0 unspecified atom stereocenters. The number of nitrogens with one attached hydrogen (secondary N) is 1. The second kappa shape index (κ2) is 5.89. The summed E-state index contributed by atoms with van der Waals surface area (Å²) in [6.45, 7) is -3.57. The van der Waals surface area contributed by atoms with Crippen molar-refractivity contribution in [3.8, 4) is 0 Å². The van der Waals surface area contributed by atoms with Crippen molar-refractivity contribution in [3.05, 3.63) is 46.6 Å². The minimum Gasteiger partial charge on any atom is -0.505 e. The van der Waals surface area contributed by atoms with Crippen molar-refractivity contribution >= 4 is 38.2 Å². The average molecular weight is 370 g/mol. The van der Waals surface area contributed by atoms with Crippen molar-refractivity contribution in [1.82, 2.24) is 9.29 Å². The van der Waals surface area contributed by atoms with Crippen molar-refractivity contribution in [2.75, 3.05) is 12.3 Å². The van der Waals surface area contributed by atoms with Gasteiger partial charge >= 0.3 is 0 Å². The molecule has 0 atom stereocenters. The van der Waals surface area contributed by atoms with E-state index in [-0.39, 0.29) is 21.6 Å². The number of nitrogens with zero attached hydrogens (tertiary/aromatic N) is 2. The Bertz CT molecular complexity index is 1050. The number of benzene rings is 1. The highest BCUT2D eigenvalue weighted by Crippen LogP contribution is 2.34. The molecule has 10 heteroatoms. The van der Waals surface area contributed by atoms with Crippen LogP contribution in [0.5, 0.6) is 0 Å². The van der Waals surface area contributed by atoms with Crippen LogP contribution in [0, 0.1) is 0 Å². The first-order valence-corrected chi connectivity index (χ1v) is 8.78. The maximum Gasteiger partial charge on any atom is 0.278 e. The molecule has 3 rings (SSSR count). The average Bonchev–Trinajstić information content (AvgIpc) is 3.04. The fraction of sp³-hybridized carbons (Fsp3) is 0.143. The number of aromatic nitrogens is 1. The first-order chi connectivity index (χ1) is 12.6. The van der Waals surface area contributed by atoms with Crippen LogP contribution in [0.2, 0.25) is 0 Å². The van der Waals surface area contributed by atoms with Gasteiger partial charge in [0.2, 0.25) is 0 Å². The molecular weight excluding hydrogens is 354 g/mol. The molecule has 0 spiro atoms. The fourth-order valence-electron chi connectivity index (χ4n) is 2.12. The van der Waals surface area contributed by atoms with Gasteiger partial charge in [-0.05, 0) is 12.1 Å². The summed E-state index contributed by atoms with van der Waals surface area (Å²) in [4.78, 5) is 16.5. The number of sulfonamides is 1. The summed E-state index contributed by atoms with van der Waals surface area (Å²) in [6.07, 6.45) is 1.29. The molecule has 0 bridgehead atoms. The van der Waals surface area contributed by atoms with E-state index in [1.807, 2.05) is 0 Å². The topological polar surface area (TPSA) is 120 Å². The molecule has 0 radical (unpaired) electrons. The molecule has 1 aromatic carbocycles. The number of amides is 1. The van der Waals surface area contributed by atoms with E-state index in [0.29, 0.717) is 4.88 Å². The van der Waals surface area contributed by atoms with Crippen LogP contribution < -0.4 is 5.32 Å². The summed E-state index contributed by atoms with van der Waals surface area (Å²) >= 11 is 0.915. The molecule has 0 aliphatic carbocycles. The minimum atomic E-state index is -4.62. The first kappa shape index (κ1) is 12.9. The Hall–Kier alpha value is -2.43. The van der Waals surface area contributed by atoms with Gasteiger partial charge in [-0.25, -0.2) is 13.4 Å². The van der Waals surface area contributed by atoms with E-state index in [2.05, 4.69) is 10.3 Å². The van der Waals surface area contributed by atoms with Gasteiger partial charge in [0, 0.05) is 22.8 Å². The lowest BCUT2D eigenvalue weighted by Crippen LogP contribution is -2.37. The Morgan fingerprint density at radius 3 is 2.88 bits per heavy atom. The third-order valence-electron chi connectivity index (χ3n) is 3.23. The van der Waals surface area contributed by atoms with Crippen LogP contribution in [0.15, 0.2) is 41.1 Å². The number of aliphatic hydroxyl groups excluding tert-OH is 2. The van der Waals surface area contributed by atoms with E-state index in [1.54, 1.807) is 0 Å². The normalized spacial score (nSPS) is 18.4. The second-order valence-corrected chi connectivity index (χ2v) is 7.58. The highest BCUT2D eigenvalue weighted by Gasteiger charge is 2.37. The molecule has 0 saturated heterocycles. The summed E-state index contributed by atoms with van der Waals surface area (Å²) in [5, 5.41) is 21.8. The zero-order valence-electron chi connectivity index (χ0n) is 14.9. The molecule has 24 heavy (non-hydrogen) atoms. The SMILES string of the molecule is [2H]C([2H])([2H])N1C(C(=O)Nc2ncc(CO)s2)=C(O)c2ccccc2S1(=O)=O. The Kier molecular flexibility index (Phi) is 3.17. The second-order valence-electron chi connectivity index (χ2n) is 4.71. The number of hydrogen-bond acceptors (Lipinski definition) is 7. The van der Waals surface area contributed by atoms with E-state index in [9.17, 15) is 18.3 Å². The molecule has 8 nitrogen and oxygen atoms in total. The molecule has 1 aliphatic heterocycles. The van der Waals surface area contributed by atoms with Crippen LogP contribution in [-0.2, 0) is 21.4 Å². The van der Waals surface area contributed by atoms with Crippen molar-refractivity contribution in [2.24, 2.45) is 0 Å². The number of fused-ring (bicyclic) bond motifs is 1. The van der Waals surface area contributed by atoms with Gasteiger partial charge in [-0.2, -0.15) is 0 Å². The van der Waals surface area contributed by atoms with Crippen LogP contribution in [0.3, 0.4) is 0 Å².